The lowest BCUT2D eigenvalue weighted by molar-refractivity contribution is 1.15. The maximum absolute atomic E-state index is 11.9. The Labute approximate surface area is 482 Å². The Hall–Kier alpha value is -11.6. The Morgan fingerprint density at radius 1 is 0.298 bits per heavy atom. The van der Waals surface area contributed by atoms with Crippen molar-refractivity contribution >= 4 is 87.2 Å². The normalized spacial score (nSPS) is 11.8. The third kappa shape index (κ3) is 6.98. The topological polar surface area (TPSA) is 69.3 Å². The van der Waals surface area contributed by atoms with Gasteiger partial charge in [-0.15, -0.1) is 0 Å². The molecule has 17 rings (SSSR count). The van der Waals surface area contributed by atoms with Crippen LogP contribution in [0.5, 0.6) is 0 Å². The van der Waals surface area contributed by atoms with Crippen molar-refractivity contribution in [2.45, 2.75) is 0 Å². The molecule has 7 nitrogen and oxygen atoms in total. The van der Waals surface area contributed by atoms with Gasteiger partial charge in [0.25, 0.3) is 0 Å². The molecule has 0 amide bonds. The van der Waals surface area contributed by atoms with Crippen LogP contribution >= 0.6 is 0 Å². The van der Waals surface area contributed by atoms with Gasteiger partial charge in [-0.3, -0.25) is 0 Å². The zero-order valence-electron chi connectivity index (χ0n) is 45.3. The van der Waals surface area contributed by atoms with E-state index in [1.54, 1.807) is 0 Å². The molecule has 5 aromatic heterocycles. The van der Waals surface area contributed by atoms with E-state index in [9.17, 15) is 5.26 Å². The minimum atomic E-state index is 0.527. The predicted molar refractivity (Wildman–Crippen MR) is 346 cm³/mol. The SMILES string of the molecule is N#Cc1cccc(-n2c3ccccc3c3c2ccc2c4ccccc4n(-c4ccccc4)c23)c1-c1c(-c2cc(-c3ccccc3)nc(-c3ccccc3)n2)cccc1-n1c2ccccc2c2c1ccc1c3ccccc3n(-c3ccccc3)c12. The van der Waals surface area contributed by atoms with E-state index in [0.29, 0.717) is 11.4 Å². The maximum Gasteiger partial charge on any atom is 0.160 e. The molecule has 0 atom stereocenters. The fourth-order valence-electron chi connectivity index (χ4n) is 13.6. The summed E-state index contributed by atoms with van der Waals surface area (Å²) < 4.78 is 9.67. The highest BCUT2D eigenvalue weighted by atomic mass is 15.0. The molecule has 0 bridgehead atoms. The summed E-state index contributed by atoms with van der Waals surface area (Å²) in [6, 6.07) is 104. The smallest absolute Gasteiger partial charge is 0.160 e. The second-order valence-electron chi connectivity index (χ2n) is 21.5. The number of benzene rings is 12. The van der Waals surface area contributed by atoms with Gasteiger partial charge < -0.3 is 18.3 Å². The molecule has 390 valence electrons. The van der Waals surface area contributed by atoms with E-state index in [4.69, 9.17) is 9.97 Å². The van der Waals surface area contributed by atoms with Gasteiger partial charge in [0.1, 0.15) is 0 Å². The van der Waals surface area contributed by atoms with Crippen LogP contribution in [0, 0.1) is 11.3 Å². The van der Waals surface area contributed by atoms with Crippen molar-refractivity contribution in [3.8, 4) is 73.8 Å². The van der Waals surface area contributed by atoms with Crippen LogP contribution in [0.1, 0.15) is 5.56 Å². The quantitative estimate of drug-likeness (QED) is 0.152. The summed E-state index contributed by atoms with van der Waals surface area (Å²) in [6.07, 6.45) is 0. The van der Waals surface area contributed by atoms with Gasteiger partial charge in [0.15, 0.2) is 5.82 Å². The number of hydrogen-bond donors (Lipinski definition) is 0. The standard InChI is InChI=1S/C77H47N7/c78-48-51-27-21-41-67(83-65-39-19-15-34-59(65)73-69(83)45-43-56-54-32-13-17-37-63(54)81(75(56)73)52-28-9-3-10-29-52)71(51)72-58(62-47-61(49-23-5-1-6-24-49)79-77(80-62)50-25-7-2-8-26-50)36-22-42-68(72)84-66-40-20-16-35-60(66)74-70(84)46-44-57-55-33-14-18-38-64(55)82(76(57)74)53-30-11-4-12-31-53/h1-47H. The van der Waals surface area contributed by atoms with Crippen molar-refractivity contribution in [1.29, 1.82) is 5.26 Å². The van der Waals surface area contributed by atoms with Crippen LogP contribution in [0.25, 0.3) is 155 Å². The van der Waals surface area contributed by atoms with Crippen molar-refractivity contribution in [2.24, 2.45) is 0 Å². The van der Waals surface area contributed by atoms with Crippen LogP contribution in [0.2, 0.25) is 0 Å². The summed E-state index contributed by atoms with van der Waals surface area (Å²) in [5, 5.41) is 21.0. The number of aromatic nitrogens is 6. The average molecular weight is 1070 g/mol. The lowest BCUT2D eigenvalue weighted by atomic mass is 9.90. The minimum absolute atomic E-state index is 0.527. The van der Waals surface area contributed by atoms with E-state index in [-0.39, 0.29) is 0 Å². The highest BCUT2D eigenvalue weighted by Crippen LogP contribution is 2.49. The van der Waals surface area contributed by atoms with Crippen molar-refractivity contribution in [2.75, 3.05) is 0 Å². The van der Waals surface area contributed by atoms with Crippen LogP contribution < -0.4 is 0 Å². The lowest BCUT2D eigenvalue weighted by Gasteiger charge is -2.22. The third-order valence-corrected chi connectivity index (χ3v) is 17.0. The Morgan fingerprint density at radius 2 is 0.714 bits per heavy atom. The fraction of sp³-hybridized carbons (Fsp3) is 0. The van der Waals surface area contributed by atoms with Crippen LogP contribution in [-0.2, 0) is 0 Å². The van der Waals surface area contributed by atoms with Gasteiger partial charge in [0.05, 0.1) is 78.5 Å². The van der Waals surface area contributed by atoms with E-state index in [2.05, 4.69) is 273 Å². The number of rotatable bonds is 8. The predicted octanol–water partition coefficient (Wildman–Crippen LogP) is 19.4. The second-order valence-corrected chi connectivity index (χ2v) is 21.5. The Balaban J connectivity index is 1.04. The van der Waals surface area contributed by atoms with Crippen molar-refractivity contribution in [3.63, 3.8) is 0 Å². The number of hydrogen-bond acceptors (Lipinski definition) is 3. The Kier molecular flexibility index (Phi) is 10.5. The summed E-state index contributed by atoms with van der Waals surface area (Å²) >= 11 is 0. The van der Waals surface area contributed by atoms with Crippen LogP contribution in [0.3, 0.4) is 0 Å². The summed E-state index contributed by atoms with van der Waals surface area (Å²) in [5.41, 5.74) is 19.0. The van der Waals surface area contributed by atoms with Gasteiger partial charge in [-0.25, -0.2) is 9.97 Å². The largest absolute Gasteiger partial charge is 0.309 e. The molecule has 84 heavy (non-hydrogen) atoms. The van der Waals surface area contributed by atoms with Crippen molar-refractivity contribution in [1.82, 2.24) is 28.2 Å². The molecule has 17 aromatic rings. The molecule has 0 aliphatic rings. The summed E-state index contributed by atoms with van der Waals surface area (Å²) in [6.45, 7) is 0. The Morgan fingerprint density at radius 3 is 1.23 bits per heavy atom. The zero-order valence-corrected chi connectivity index (χ0v) is 45.3. The van der Waals surface area contributed by atoms with Gasteiger partial charge in [0.2, 0.25) is 0 Å². The van der Waals surface area contributed by atoms with Gasteiger partial charge in [-0.05, 0) is 84.9 Å². The highest BCUT2D eigenvalue weighted by Gasteiger charge is 2.29. The molecule has 0 N–H and O–H groups in total. The van der Waals surface area contributed by atoms with Gasteiger partial charge in [0, 0.05) is 82.3 Å². The lowest BCUT2D eigenvalue weighted by Crippen LogP contribution is -2.06. The number of nitriles is 1. The molecule has 7 heteroatoms. The minimum Gasteiger partial charge on any atom is -0.309 e. The molecule has 0 radical (unpaired) electrons. The van der Waals surface area contributed by atoms with Crippen molar-refractivity contribution < 1.29 is 0 Å². The maximum atomic E-state index is 11.9. The van der Waals surface area contributed by atoms with E-state index < -0.39 is 0 Å². The number of para-hydroxylation sites is 6. The molecule has 0 aliphatic heterocycles. The molecule has 0 aliphatic carbocycles. The Bertz CT molecular complexity index is 5490. The fourth-order valence-corrected chi connectivity index (χ4v) is 13.6. The van der Waals surface area contributed by atoms with E-state index in [1.165, 1.54) is 21.5 Å². The molecule has 0 unspecified atom stereocenters. The van der Waals surface area contributed by atoms with Gasteiger partial charge >= 0.3 is 0 Å². The molecule has 12 aromatic carbocycles. The van der Waals surface area contributed by atoms with Crippen LogP contribution in [0.15, 0.2) is 285 Å². The van der Waals surface area contributed by atoms with E-state index in [0.717, 1.165) is 128 Å². The monoisotopic (exact) mass is 1070 g/mol. The van der Waals surface area contributed by atoms with Crippen LogP contribution in [0.4, 0.5) is 0 Å². The molecule has 0 spiro atoms. The van der Waals surface area contributed by atoms with Gasteiger partial charge in [-0.1, -0.05) is 200 Å². The highest BCUT2D eigenvalue weighted by molar-refractivity contribution is 6.28. The average Bonchev–Trinajstić information content (AvgIpc) is 2.36. The molecule has 5 heterocycles. The molecule has 0 saturated heterocycles. The summed E-state index contributed by atoms with van der Waals surface area (Å²) in [4.78, 5) is 10.9. The number of fused-ring (bicyclic) bond motifs is 14. The first kappa shape index (κ1) is 47.2. The first-order chi connectivity index (χ1) is 41.7. The zero-order chi connectivity index (χ0) is 55.4. The molecular formula is C77H47N7. The first-order valence-corrected chi connectivity index (χ1v) is 28.4. The van der Waals surface area contributed by atoms with E-state index in [1.807, 2.05) is 36.4 Å². The molecule has 0 saturated carbocycles. The molecule has 0 fully saturated rings. The third-order valence-electron chi connectivity index (χ3n) is 17.0. The van der Waals surface area contributed by atoms with Crippen molar-refractivity contribution in [3.05, 3.63) is 291 Å². The van der Waals surface area contributed by atoms with E-state index >= 15 is 0 Å². The molecular weight excluding hydrogens is 1020 g/mol. The summed E-state index contributed by atoms with van der Waals surface area (Å²) in [7, 11) is 0. The number of nitrogens with zero attached hydrogens (tertiary/aromatic N) is 7. The second kappa shape index (κ2) is 18.7. The summed E-state index contributed by atoms with van der Waals surface area (Å²) in [5.74, 6) is 0.602. The van der Waals surface area contributed by atoms with Gasteiger partial charge in [-0.2, -0.15) is 5.26 Å². The van der Waals surface area contributed by atoms with Crippen LogP contribution in [-0.4, -0.2) is 28.2 Å². The first-order valence-electron chi connectivity index (χ1n) is 28.4.